The van der Waals surface area contributed by atoms with Gasteiger partial charge < -0.3 is 5.32 Å². The van der Waals surface area contributed by atoms with Crippen LogP contribution in [0, 0.1) is 0 Å². The van der Waals surface area contributed by atoms with Crippen LogP contribution in [0.15, 0.2) is 53.3 Å². The third kappa shape index (κ3) is 3.56. The molecule has 0 fully saturated rings. The van der Waals surface area contributed by atoms with E-state index in [0.717, 1.165) is 12.8 Å². The van der Waals surface area contributed by atoms with E-state index in [1.807, 2.05) is 6.92 Å². The molecule has 1 heterocycles. The van der Waals surface area contributed by atoms with Gasteiger partial charge in [0.15, 0.2) is 5.69 Å². The summed E-state index contributed by atoms with van der Waals surface area (Å²) in [5.41, 5.74) is 0.538. The average molecular weight is 356 g/mol. The summed E-state index contributed by atoms with van der Waals surface area (Å²) in [5.74, 6) is -0.394. The van der Waals surface area contributed by atoms with Crippen LogP contribution in [-0.4, -0.2) is 15.7 Å². The van der Waals surface area contributed by atoms with Crippen molar-refractivity contribution in [3.05, 3.63) is 69.6 Å². The molecule has 0 atom stereocenters. The van der Waals surface area contributed by atoms with Gasteiger partial charge >= 0.3 is 0 Å². The fraction of sp³-hybridized carbons (Fsp3) is 0.211. The fourth-order valence-corrected chi connectivity index (χ4v) is 2.79. The number of para-hydroxylation sites is 1. The smallest absolute Gasteiger partial charge is 0.276 e. The van der Waals surface area contributed by atoms with E-state index >= 15 is 0 Å². The number of carbonyl (C=O) groups excluding carboxylic acids is 1. The highest BCUT2D eigenvalue weighted by atomic mass is 35.5. The quantitative estimate of drug-likeness (QED) is 0.749. The number of halogens is 1. The SMILES string of the molecule is CCCCn1nc(C(=O)Nc2ccccc2Cl)c2ccccc2c1=O. The van der Waals surface area contributed by atoms with Gasteiger partial charge in [-0.25, -0.2) is 4.68 Å². The molecule has 0 aliphatic rings. The largest absolute Gasteiger partial charge is 0.319 e. The standard InChI is InChI=1S/C19H18ClN3O2/c1-2-3-12-23-19(25)14-9-5-4-8-13(14)17(22-23)18(24)21-16-11-7-6-10-15(16)20/h4-11H,2-3,12H2,1H3,(H,21,24). The van der Waals surface area contributed by atoms with Crippen LogP contribution >= 0.6 is 11.6 Å². The number of rotatable bonds is 5. The number of nitrogens with zero attached hydrogens (tertiary/aromatic N) is 2. The van der Waals surface area contributed by atoms with E-state index in [1.54, 1.807) is 48.5 Å². The molecule has 5 nitrogen and oxygen atoms in total. The number of hydrogen-bond acceptors (Lipinski definition) is 3. The Morgan fingerprint density at radius 2 is 1.80 bits per heavy atom. The lowest BCUT2D eigenvalue weighted by Crippen LogP contribution is -2.27. The van der Waals surface area contributed by atoms with Crippen molar-refractivity contribution in [2.24, 2.45) is 0 Å². The molecule has 25 heavy (non-hydrogen) atoms. The van der Waals surface area contributed by atoms with Crippen molar-refractivity contribution < 1.29 is 4.79 Å². The Labute approximate surface area is 150 Å². The zero-order valence-electron chi connectivity index (χ0n) is 13.8. The van der Waals surface area contributed by atoms with Gasteiger partial charge in [0.1, 0.15) is 0 Å². The lowest BCUT2D eigenvalue weighted by Gasteiger charge is -2.11. The number of fused-ring (bicyclic) bond motifs is 1. The lowest BCUT2D eigenvalue weighted by atomic mass is 10.1. The predicted molar refractivity (Wildman–Crippen MR) is 100 cm³/mol. The van der Waals surface area contributed by atoms with E-state index < -0.39 is 5.91 Å². The zero-order valence-corrected chi connectivity index (χ0v) is 14.6. The van der Waals surface area contributed by atoms with Crippen LogP contribution in [0.2, 0.25) is 5.02 Å². The van der Waals surface area contributed by atoms with Crippen LogP contribution in [0.1, 0.15) is 30.3 Å². The van der Waals surface area contributed by atoms with Crippen molar-refractivity contribution in [3.8, 4) is 0 Å². The van der Waals surface area contributed by atoms with Crippen LogP contribution in [0.4, 0.5) is 5.69 Å². The van der Waals surface area contributed by atoms with E-state index in [0.29, 0.717) is 28.0 Å². The maximum Gasteiger partial charge on any atom is 0.276 e. The van der Waals surface area contributed by atoms with Crippen LogP contribution in [0.25, 0.3) is 10.8 Å². The Morgan fingerprint density at radius 3 is 2.52 bits per heavy atom. The van der Waals surface area contributed by atoms with Crippen molar-refractivity contribution in [2.75, 3.05) is 5.32 Å². The topological polar surface area (TPSA) is 64.0 Å². The molecular formula is C19H18ClN3O2. The minimum absolute atomic E-state index is 0.182. The van der Waals surface area contributed by atoms with Crippen LogP contribution < -0.4 is 10.9 Å². The van der Waals surface area contributed by atoms with Gasteiger partial charge in [0.2, 0.25) is 0 Å². The highest BCUT2D eigenvalue weighted by Gasteiger charge is 2.17. The van der Waals surface area contributed by atoms with Gasteiger partial charge in [0.25, 0.3) is 11.5 Å². The second kappa shape index (κ2) is 7.49. The maximum atomic E-state index is 12.8. The van der Waals surface area contributed by atoms with Gasteiger partial charge in [0, 0.05) is 11.9 Å². The van der Waals surface area contributed by atoms with Gasteiger partial charge in [-0.05, 0) is 24.6 Å². The van der Waals surface area contributed by atoms with Gasteiger partial charge in [-0.15, -0.1) is 0 Å². The highest BCUT2D eigenvalue weighted by Crippen LogP contribution is 2.22. The van der Waals surface area contributed by atoms with Gasteiger partial charge in [-0.1, -0.05) is 55.3 Å². The summed E-state index contributed by atoms with van der Waals surface area (Å²) < 4.78 is 1.37. The molecule has 0 unspecified atom stereocenters. The first-order valence-corrected chi connectivity index (χ1v) is 8.55. The van der Waals surface area contributed by atoms with Crippen LogP contribution in [0.5, 0.6) is 0 Å². The number of hydrogen-bond donors (Lipinski definition) is 1. The third-order valence-electron chi connectivity index (χ3n) is 3.93. The zero-order chi connectivity index (χ0) is 17.8. The molecule has 0 radical (unpaired) electrons. The fourth-order valence-electron chi connectivity index (χ4n) is 2.61. The molecule has 128 valence electrons. The maximum absolute atomic E-state index is 12.8. The van der Waals surface area contributed by atoms with Crippen molar-refractivity contribution >= 4 is 34.0 Å². The van der Waals surface area contributed by atoms with E-state index in [1.165, 1.54) is 4.68 Å². The molecule has 6 heteroatoms. The number of unbranched alkanes of at least 4 members (excludes halogenated alkanes) is 1. The van der Waals surface area contributed by atoms with E-state index in [9.17, 15) is 9.59 Å². The second-order valence-corrected chi connectivity index (χ2v) is 6.12. The molecule has 0 saturated carbocycles. The minimum atomic E-state index is -0.394. The molecular weight excluding hydrogens is 338 g/mol. The highest BCUT2D eigenvalue weighted by molar-refractivity contribution is 6.34. The van der Waals surface area contributed by atoms with Gasteiger partial charge in [0.05, 0.1) is 16.1 Å². The Balaban J connectivity index is 2.08. The van der Waals surface area contributed by atoms with Gasteiger partial charge in [-0.2, -0.15) is 5.10 Å². The summed E-state index contributed by atoms with van der Waals surface area (Å²) in [6.07, 6.45) is 1.75. The Bertz CT molecular complexity index is 982. The summed E-state index contributed by atoms with van der Waals surface area (Å²) in [4.78, 5) is 25.3. The van der Waals surface area contributed by atoms with Crippen LogP contribution in [0.3, 0.4) is 0 Å². The Morgan fingerprint density at radius 1 is 1.12 bits per heavy atom. The number of aryl methyl sites for hydroxylation is 1. The summed E-state index contributed by atoms with van der Waals surface area (Å²) >= 11 is 6.11. The molecule has 2 aromatic carbocycles. The molecule has 0 bridgehead atoms. The average Bonchev–Trinajstić information content (AvgIpc) is 2.63. The number of anilines is 1. The first-order valence-electron chi connectivity index (χ1n) is 8.17. The summed E-state index contributed by atoms with van der Waals surface area (Å²) in [6, 6.07) is 14.0. The molecule has 3 rings (SSSR count). The second-order valence-electron chi connectivity index (χ2n) is 5.71. The molecule has 1 amide bonds. The number of amides is 1. The van der Waals surface area contributed by atoms with Crippen molar-refractivity contribution in [1.29, 1.82) is 0 Å². The molecule has 0 saturated heterocycles. The predicted octanol–water partition coefficient (Wildman–Crippen LogP) is 4.10. The summed E-state index contributed by atoms with van der Waals surface area (Å²) in [6.45, 7) is 2.52. The van der Waals surface area contributed by atoms with E-state index in [4.69, 9.17) is 11.6 Å². The molecule has 1 N–H and O–H groups in total. The van der Waals surface area contributed by atoms with Crippen molar-refractivity contribution in [3.63, 3.8) is 0 Å². The van der Waals surface area contributed by atoms with Crippen molar-refractivity contribution in [2.45, 2.75) is 26.3 Å². The summed E-state index contributed by atoms with van der Waals surface area (Å²) in [7, 11) is 0. The number of benzene rings is 2. The number of carbonyl (C=O) groups is 1. The van der Waals surface area contributed by atoms with Gasteiger partial charge in [-0.3, -0.25) is 9.59 Å². The lowest BCUT2D eigenvalue weighted by molar-refractivity contribution is 0.102. The molecule has 0 aliphatic carbocycles. The minimum Gasteiger partial charge on any atom is -0.319 e. The molecule has 0 aliphatic heterocycles. The molecule has 3 aromatic rings. The molecule has 0 spiro atoms. The Kier molecular flexibility index (Phi) is 5.14. The number of aromatic nitrogens is 2. The first-order chi connectivity index (χ1) is 12.1. The molecule has 1 aromatic heterocycles. The van der Waals surface area contributed by atoms with Crippen LogP contribution in [-0.2, 0) is 6.54 Å². The van der Waals surface area contributed by atoms with E-state index in [2.05, 4.69) is 10.4 Å². The number of nitrogens with one attached hydrogen (secondary N) is 1. The normalized spacial score (nSPS) is 10.8. The first kappa shape index (κ1) is 17.2. The summed E-state index contributed by atoms with van der Waals surface area (Å²) in [5, 5.41) is 8.55. The third-order valence-corrected chi connectivity index (χ3v) is 4.26. The van der Waals surface area contributed by atoms with Crippen molar-refractivity contribution in [1.82, 2.24) is 9.78 Å². The Hall–Kier alpha value is -2.66. The monoisotopic (exact) mass is 355 g/mol. The van der Waals surface area contributed by atoms with E-state index in [-0.39, 0.29) is 11.3 Å².